The molecule has 0 bridgehead atoms. The quantitative estimate of drug-likeness (QED) is 0.501. The molecule has 3 aromatic rings. The van der Waals surface area contributed by atoms with Gasteiger partial charge in [-0.2, -0.15) is 13.7 Å². The van der Waals surface area contributed by atoms with Crippen molar-refractivity contribution >= 4 is 26.0 Å². The molecule has 32 heavy (non-hydrogen) atoms. The first-order valence-corrected chi connectivity index (χ1v) is 11.3. The predicted molar refractivity (Wildman–Crippen MR) is 114 cm³/mol. The van der Waals surface area contributed by atoms with Crippen molar-refractivity contribution in [3.05, 3.63) is 99.4 Å². The minimum Gasteiger partial charge on any atom is -0.440 e. The molecule has 2 N–H and O–H groups in total. The van der Waals surface area contributed by atoms with Gasteiger partial charge in [-0.05, 0) is 42.0 Å². The van der Waals surface area contributed by atoms with E-state index in [1.165, 1.54) is 36.4 Å². The van der Waals surface area contributed by atoms with Crippen LogP contribution in [-0.2, 0) is 10.1 Å². The fraction of sp³-hybridized carbons (Fsp3) is 0.0455. The summed E-state index contributed by atoms with van der Waals surface area (Å²) in [7, 11) is -4.14. The first kappa shape index (κ1) is 21.8. The van der Waals surface area contributed by atoms with Crippen LogP contribution in [-0.4, -0.2) is 8.42 Å². The Morgan fingerprint density at radius 2 is 1.84 bits per heavy atom. The maximum Gasteiger partial charge on any atom is 0.339 e. The molecule has 0 fully saturated rings. The molecule has 4 rings (SSSR count). The molecular formula is C22H13BrF2N2O4S. The van der Waals surface area contributed by atoms with Gasteiger partial charge in [0.1, 0.15) is 28.0 Å². The van der Waals surface area contributed by atoms with Crippen molar-refractivity contribution in [1.82, 2.24) is 0 Å². The zero-order valence-corrected chi connectivity index (χ0v) is 18.5. The number of halogens is 3. The van der Waals surface area contributed by atoms with Crippen LogP contribution in [0.25, 0.3) is 0 Å². The zero-order valence-electron chi connectivity index (χ0n) is 16.1. The number of ether oxygens (including phenoxy) is 1. The number of hydrogen-bond acceptors (Lipinski definition) is 6. The Kier molecular flexibility index (Phi) is 5.62. The molecule has 10 heteroatoms. The highest BCUT2D eigenvalue weighted by atomic mass is 79.9. The minimum absolute atomic E-state index is 0.0129. The van der Waals surface area contributed by atoms with E-state index in [4.69, 9.17) is 14.7 Å². The van der Waals surface area contributed by atoms with E-state index in [9.17, 15) is 22.5 Å². The van der Waals surface area contributed by atoms with Crippen LogP contribution in [0, 0.1) is 23.0 Å². The molecule has 0 amide bonds. The van der Waals surface area contributed by atoms with Crippen molar-refractivity contribution in [2.45, 2.75) is 10.8 Å². The van der Waals surface area contributed by atoms with Crippen molar-refractivity contribution in [1.29, 1.82) is 5.26 Å². The van der Waals surface area contributed by atoms with Crippen molar-refractivity contribution in [2.75, 3.05) is 0 Å². The lowest BCUT2D eigenvalue weighted by molar-refractivity contribution is 0.391. The summed E-state index contributed by atoms with van der Waals surface area (Å²) in [5, 5.41) is 9.55. The van der Waals surface area contributed by atoms with E-state index in [0.717, 1.165) is 12.1 Å². The van der Waals surface area contributed by atoms with Crippen LogP contribution in [0.2, 0.25) is 0 Å². The Balaban J connectivity index is 1.75. The van der Waals surface area contributed by atoms with Gasteiger partial charge in [0.2, 0.25) is 5.88 Å². The first-order chi connectivity index (χ1) is 15.2. The second-order valence-corrected chi connectivity index (χ2v) is 9.25. The van der Waals surface area contributed by atoms with Crippen LogP contribution in [0.4, 0.5) is 8.78 Å². The van der Waals surface area contributed by atoms with Gasteiger partial charge in [0.05, 0.1) is 5.92 Å². The van der Waals surface area contributed by atoms with Crippen molar-refractivity contribution < 1.29 is 26.1 Å². The molecule has 3 aromatic carbocycles. The third-order valence-corrected chi connectivity index (χ3v) is 6.49. The molecule has 0 saturated carbocycles. The summed E-state index contributed by atoms with van der Waals surface area (Å²) in [6, 6.07) is 15.4. The van der Waals surface area contributed by atoms with Gasteiger partial charge in [-0.15, -0.1) is 0 Å². The molecule has 1 atom stereocenters. The Morgan fingerprint density at radius 1 is 1.06 bits per heavy atom. The Bertz CT molecular complexity index is 1420. The number of rotatable bonds is 4. The van der Waals surface area contributed by atoms with Crippen molar-refractivity contribution in [3.63, 3.8) is 0 Å². The summed E-state index contributed by atoms with van der Waals surface area (Å²) in [6.07, 6.45) is 0. The highest BCUT2D eigenvalue weighted by Gasteiger charge is 2.32. The highest BCUT2D eigenvalue weighted by Crippen LogP contribution is 2.43. The average molecular weight is 519 g/mol. The van der Waals surface area contributed by atoms with Gasteiger partial charge in [0.25, 0.3) is 0 Å². The van der Waals surface area contributed by atoms with Gasteiger partial charge in [-0.25, -0.2) is 8.78 Å². The van der Waals surface area contributed by atoms with Gasteiger partial charge < -0.3 is 14.7 Å². The topological polar surface area (TPSA) is 102 Å². The number of nitrogens with zero attached hydrogens (tertiary/aromatic N) is 1. The molecule has 162 valence electrons. The first-order valence-electron chi connectivity index (χ1n) is 9.06. The lowest BCUT2D eigenvalue weighted by Crippen LogP contribution is -2.21. The van der Waals surface area contributed by atoms with E-state index >= 15 is 0 Å². The second-order valence-electron chi connectivity index (χ2n) is 6.79. The molecular weight excluding hydrogens is 506 g/mol. The van der Waals surface area contributed by atoms with Crippen LogP contribution in [0.1, 0.15) is 17.0 Å². The fourth-order valence-corrected chi connectivity index (χ4v) is 4.84. The lowest BCUT2D eigenvalue weighted by atomic mass is 9.83. The number of nitriles is 1. The second kappa shape index (κ2) is 8.26. The number of nitrogens with two attached hydrogens (primary N) is 1. The SMILES string of the molecule is N#CC1=C(N)Oc2cc(OS(=O)(=O)c3cccc(Br)c3)ccc2C1c1ccc(F)c(F)c1. The number of allylic oxidation sites excluding steroid dienone is 1. The normalized spacial score (nSPS) is 15.5. The Morgan fingerprint density at radius 3 is 2.53 bits per heavy atom. The molecule has 1 unspecified atom stereocenters. The van der Waals surface area contributed by atoms with E-state index in [2.05, 4.69) is 15.9 Å². The minimum atomic E-state index is -4.14. The maximum atomic E-state index is 13.9. The number of benzene rings is 3. The zero-order chi connectivity index (χ0) is 23.0. The van der Waals surface area contributed by atoms with E-state index < -0.39 is 27.7 Å². The molecule has 0 aromatic heterocycles. The summed E-state index contributed by atoms with van der Waals surface area (Å²) < 4.78 is 63.8. The number of fused-ring (bicyclic) bond motifs is 1. The molecule has 1 aliphatic rings. The monoisotopic (exact) mass is 518 g/mol. The molecule has 0 aliphatic carbocycles. The molecule has 0 radical (unpaired) electrons. The van der Waals surface area contributed by atoms with Gasteiger partial charge >= 0.3 is 10.1 Å². The van der Waals surface area contributed by atoms with Crippen molar-refractivity contribution in [3.8, 4) is 17.6 Å². The molecule has 1 heterocycles. The summed E-state index contributed by atoms with van der Waals surface area (Å²) in [5.41, 5.74) is 6.59. The average Bonchev–Trinajstić information content (AvgIpc) is 2.74. The van der Waals surface area contributed by atoms with Gasteiger partial charge in [-0.3, -0.25) is 0 Å². The predicted octanol–water partition coefficient (Wildman–Crippen LogP) is 4.71. The lowest BCUT2D eigenvalue weighted by Gasteiger charge is -2.26. The van der Waals surface area contributed by atoms with E-state index in [0.29, 0.717) is 10.0 Å². The van der Waals surface area contributed by atoms with Crippen LogP contribution < -0.4 is 14.7 Å². The van der Waals surface area contributed by atoms with E-state index in [1.807, 2.05) is 6.07 Å². The summed E-state index contributed by atoms with van der Waals surface area (Å²) in [5.74, 6) is -3.11. The van der Waals surface area contributed by atoms with Crippen LogP contribution >= 0.6 is 15.9 Å². The summed E-state index contributed by atoms with van der Waals surface area (Å²) in [6.45, 7) is 0. The van der Waals surface area contributed by atoms with Crippen molar-refractivity contribution in [2.24, 2.45) is 5.73 Å². The maximum absolute atomic E-state index is 13.9. The van der Waals surface area contributed by atoms with Gasteiger partial charge in [0, 0.05) is 16.1 Å². The third-order valence-electron chi connectivity index (χ3n) is 4.76. The third kappa shape index (κ3) is 4.04. The standard InChI is InChI=1S/C22H13BrF2N2O4S/c23-13-2-1-3-15(9-13)32(28,29)31-14-5-6-16-20(10-14)30-22(27)17(11-26)21(16)12-4-7-18(24)19(25)8-12/h1-10,21H,27H2. The smallest absolute Gasteiger partial charge is 0.339 e. The van der Waals surface area contributed by atoms with Gasteiger partial charge in [-0.1, -0.05) is 34.1 Å². The largest absolute Gasteiger partial charge is 0.440 e. The van der Waals surface area contributed by atoms with Crippen LogP contribution in [0.15, 0.2) is 81.5 Å². The van der Waals surface area contributed by atoms with Crippen LogP contribution in [0.3, 0.4) is 0 Å². The molecule has 0 saturated heterocycles. The molecule has 6 nitrogen and oxygen atoms in total. The van der Waals surface area contributed by atoms with E-state index in [-0.39, 0.29) is 33.4 Å². The number of hydrogen-bond donors (Lipinski definition) is 1. The summed E-state index contributed by atoms with van der Waals surface area (Å²) in [4.78, 5) is -0.0589. The fourth-order valence-electron chi connectivity index (χ4n) is 3.32. The van der Waals surface area contributed by atoms with Gasteiger partial charge in [0.15, 0.2) is 11.6 Å². The van der Waals surface area contributed by atoms with Crippen LogP contribution in [0.5, 0.6) is 11.5 Å². The Hall–Kier alpha value is -3.42. The Labute approximate surface area is 190 Å². The summed E-state index contributed by atoms with van der Waals surface area (Å²) >= 11 is 3.21. The highest BCUT2D eigenvalue weighted by molar-refractivity contribution is 9.10. The molecule has 0 spiro atoms. The van der Waals surface area contributed by atoms with E-state index in [1.54, 1.807) is 12.1 Å². The molecule has 1 aliphatic heterocycles.